The maximum atomic E-state index is 10.4. The fraction of sp³-hybridized carbons (Fsp3) is 0.632. The van der Waals surface area contributed by atoms with Crippen LogP contribution >= 0.6 is 23.5 Å². The van der Waals surface area contributed by atoms with Crippen LogP contribution in [0.25, 0.3) is 0 Å². The van der Waals surface area contributed by atoms with E-state index in [1.165, 1.54) is 55.9 Å². The van der Waals surface area contributed by atoms with E-state index in [1.807, 2.05) is 6.92 Å². The highest BCUT2D eigenvalue weighted by Gasteiger charge is 2.29. The quantitative estimate of drug-likeness (QED) is 0.365. The molecule has 1 aromatic rings. The number of aryl methyl sites for hydroxylation is 1. The van der Waals surface area contributed by atoms with Gasteiger partial charge in [-0.3, -0.25) is 0 Å². The van der Waals surface area contributed by atoms with Gasteiger partial charge in [-0.2, -0.15) is 0 Å². The summed E-state index contributed by atoms with van der Waals surface area (Å²) in [4.78, 5) is -0.178. The van der Waals surface area contributed by atoms with E-state index in [1.54, 1.807) is 16.5 Å². The molecule has 0 aromatic heterocycles. The molecule has 1 aliphatic heterocycles. The van der Waals surface area contributed by atoms with Gasteiger partial charge in [0.25, 0.3) is 4.38 Å². The third-order valence-electron chi connectivity index (χ3n) is 4.00. The first-order chi connectivity index (χ1) is 12.3. The number of hydrogen-bond donors (Lipinski definition) is 0. The van der Waals surface area contributed by atoms with Crippen LogP contribution < -0.4 is 0 Å². The smallest absolute Gasteiger partial charge is 0.270 e. The number of hydrogen-bond acceptors (Lipinski definition) is 5. The molecule has 0 radical (unpaired) electrons. The van der Waals surface area contributed by atoms with Crippen molar-refractivity contribution in [1.82, 2.24) is 0 Å². The van der Waals surface area contributed by atoms with Gasteiger partial charge in [-0.05, 0) is 44.2 Å². The minimum Gasteiger partial charge on any atom is -0.744 e. The Bertz CT molecular complexity index is 670. The highest BCUT2D eigenvalue weighted by Crippen LogP contribution is 2.26. The van der Waals surface area contributed by atoms with Crippen LogP contribution in [0.2, 0.25) is 0 Å². The van der Waals surface area contributed by atoms with Crippen LogP contribution in [0, 0.1) is 6.92 Å². The Labute approximate surface area is 167 Å². The number of rotatable bonds is 7. The van der Waals surface area contributed by atoms with Crippen molar-refractivity contribution in [1.29, 1.82) is 0 Å². The lowest BCUT2D eigenvalue weighted by molar-refractivity contribution is -0.549. The van der Waals surface area contributed by atoms with Crippen LogP contribution in [0.5, 0.6) is 0 Å². The fourth-order valence-corrected chi connectivity index (χ4v) is 5.62. The second-order valence-electron chi connectivity index (χ2n) is 6.44. The van der Waals surface area contributed by atoms with Crippen molar-refractivity contribution in [2.24, 2.45) is 0 Å². The van der Waals surface area contributed by atoms with Crippen molar-refractivity contribution in [3.05, 3.63) is 29.8 Å². The Morgan fingerprint density at radius 2 is 1.81 bits per heavy atom. The highest BCUT2D eigenvalue weighted by atomic mass is 32.2. The SMILES string of the molecule is CCCCSC1=[N+](CCCC)C(C)CS1.Cc1ccc(S(=O)(=O)[O-])cc1. The second kappa shape index (κ2) is 12.1. The lowest BCUT2D eigenvalue weighted by atomic mass is 10.2. The molecule has 0 N–H and O–H groups in total. The van der Waals surface area contributed by atoms with Crippen molar-refractivity contribution in [2.45, 2.75) is 64.3 Å². The summed E-state index contributed by atoms with van der Waals surface area (Å²) in [5, 5.41) is 0. The molecule has 0 aliphatic carbocycles. The van der Waals surface area contributed by atoms with E-state index < -0.39 is 10.1 Å². The molecule has 4 nitrogen and oxygen atoms in total. The van der Waals surface area contributed by atoms with Gasteiger partial charge in [0, 0.05) is 12.2 Å². The summed E-state index contributed by atoms with van der Waals surface area (Å²) in [5.41, 5.74) is 0.928. The molecule has 0 amide bonds. The molecule has 0 fully saturated rings. The molecule has 1 heterocycles. The maximum Gasteiger partial charge on any atom is 0.270 e. The molecule has 2 rings (SSSR count). The molecule has 1 unspecified atom stereocenters. The zero-order valence-electron chi connectivity index (χ0n) is 16.2. The average Bonchev–Trinajstić information content (AvgIpc) is 2.93. The number of nitrogens with zero attached hydrogens (tertiary/aromatic N) is 1. The van der Waals surface area contributed by atoms with Crippen LogP contribution in [0.3, 0.4) is 0 Å². The van der Waals surface area contributed by atoms with Crippen LogP contribution in [0.1, 0.15) is 52.0 Å². The molecule has 0 bridgehead atoms. The Kier molecular flexibility index (Phi) is 10.9. The van der Waals surface area contributed by atoms with Gasteiger partial charge < -0.3 is 4.55 Å². The molecule has 1 aromatic carbocycles. The van der Waals surface area contributed by atoms with E-state index >= 15 is 0 Å². The third-order valence-corrected chi connectivity index (χ3v) is 7.66. The number of unbranched alkanes of at least 4 members (excludes halogenated alkanes) is 2. The van der Waals surface area contributed by atoms with Gasteiger partial charge >= 0.3 is 0 Å². The van der Waals surface area contributed by atoms with E-state index in [4.69, 9.17) is 0 Å². The molecule has 148 valence electrons. The summed E-state index contributed by atoms with van der Waals surface area (Å²) in [5.74, 6) is 2.59. The van der Waals surface area contributed by atoms with Crippen LogP contribution in [0.4, 0.5) is 0 Å². The first-order valence-electron chi connectivity index (χ1n) is 9.21. The van der Waals surface area contributed by atoms with Gasteiger partial charge in [-0.15, -0.1) is 0 Å². The Morgan fingerprint density at radius 1 is 1.19 bits per heavy atom. The van der Waals surface area contributed by atoms with Gasteiger partial charge in [-0.1, -0.05) is 56.1 Å². The van der Waals surface area contributed by atoms with E-state index in [0.717, 1.165) is 11.6 Å². The molecule has 0 saturated heterocycles. The molecule has 1 atom stereocenters. The predicted molar refractivity (Wildman–Crippen MR) is 113 cm³/mol. The van der Waals surface area contributed by atoms with E-state index in [9.17, 15) is 13.0 Å². The summed E-state index contributed by atoms with van der Waals surface area (Å²) in [6.45, 7) is 9.98. The zero-order valence-corrected chi connectivity index (χ0v) is 18.7. The van der Waals surface area contributed by atoms with Gasteiger partial charge in [0.2, 0.25) is 0 Å². The van der Waals surface area contributed by atoms with Gasteiger partial charge in [0.15, 0.2) is 6.04 Å². The van der Waals surface area contributed by atoms with Crippen molar-refractivity contribution < 1.29 is 17.5 Å². The normalized spacial score (nSPS) is 17.2. The summed E-state index contributed by atoms with van der Waals surface area (Å²) < 4.78 is 35.4. The van der Waals surface area contributed by atoms with Crippen LogP contribution in [0.15, 0.2) is 29.2 Å². The van der Waals surface area contributed by atoms with Gasteiger partial charge in [-0.25, -0.2) is 13.0 Å². The first-order valence-corrected chi connectivity index (χ1v) is 12.6. The molecule has 0 saturated carbocycles. The molecule has 1 aliphatic rings. The van der Waals surface area contributed by atoms with Crippen molar-refractivity contribution in [2.75, 3.05) is 18.1 Å². The lowest BCUT2D eigenvalue weighted by Gasteiger charge is -2.05. The topological polar surface area (TPSA) is 60.2 Å². The summed E-state index contributed by atoms with van der Waals surface area (Å²) in [6.07, 6.45) is 5.31. The monoisotopic (exact) mass is 417 g/mol. The minimum atomic E-state index is -4.27. The molecule has 0 spiro atoms. The number of thioether (sulfide) groups is 2. The summed E-state index contributed by atoms with van der Waals surface area (Å²) >= 11 is 4.14. The second-order valence-corrected chi connectivity index (χ2v) is 10.2. The minimum absolute atomic E-state index is 0.178. The number of benzene rings is 1. The molecule has 7 heteroatoms. The van der Waals surface area contributed by atoms with Gasteiger partial charge in [0.05, 0.1) is 10.6 Å². The van der Waals surface area contributed by atoms with E-state index in [2.05, 4.69) is 48.9 Å². The molecular weight excluding hydrogens is 386 g/mol. The zero-order chi connectivity index (χ0) is 19.6. The standard InChI is InChI=1S/C12H24NS2.C7H8O3S/c1-4-6-8-13-11(3)10-15-12(13)14-9-7-5-2;1-6-2-4-7(5-3-6)11(8,9)10/h11H,4-10H2,1-3H3;2-5H,1H3,(H,8,9,10)/q+1;/p-1. The Balaban J connectivity index is 0.000000273. The third kappa shape index (κ3) is 8.46. The maximum absolute atomic E-state index is 10.4. The van der Waals surface area contributed by atoms with Crippen molar-refractivity contribution in [3.8, 4) is 0 Å². The molecule has 26 heavy (non-hydrogen) atoms. The summed E-state index contributed by atoms with van der Waals surface area (Å²) in [7, 11) is -4.27. The van der Waals surface area contributed by atoms with Crippen LogP contribution in [-0.4, -0.2) is 46.0 Å². The van der Waals surface area contributed by atoms with Crippen molar-refractivity contribution in [3.63, 3.8) is 0 Å². The Hall–Kier alpha value is -0.500. The highest BCUT2D eigenvalue weighted by molar-refractivity contribution is 8.38. The van der Waals surface area contributed by atoms with E-state index in [-0.39, 0.29) is 4.90 Å². The predicted octanol–water partition coefficient (Wildman–Crippen LogP) is 4.72. The summed E-state index contributed by atoms with van der Waals surface area (Å²) in [6, 6.07) is 6.54. The van der Waals surface area contributed by atoms with Crippen LogP contribution in [-0.2, 0) is 10.1 Å². The molecular formula is C19H31NO3S3. The van der Waals surface area contributed by atoms with Crippen molar-refractivity contribution >= 4 is 38.0 Å². The largest absolute Gasteiger partial charge is 0.744 e. The van der Waals surface area contributed by atoms with Gasteiger partial charge in [0.1, 0.15) is 16.7 Å². The first kappa shape index (κ1) is 23.5. The van der Waals surface area contributed by atoms with E-state index in [0.29, 0.717) is 0 Å². The lowest BCUT2D eigenvalue weighted by Crippen LogP contribution is -2.23. The fourth-order valence-electron chi connectivity index (χ4n) is 2.32. The Morgan fingerprint density at radius 3 is 2.35 bits per heavy atom. The average molecular weight is 418 g/mol.